The van der Waals surface area contributed by atoms with Gasteiger partial charge in [-0.3, -0.25) is 18.9 Å². The van der Waals surface area contributed by atoms with Crippen molar-refractivity contribution < 1.29 is 9.90 Å². The van der Waals surface area contributed by atoms with E-state index in [1.165, 1.54) is 4.68 Å². The molecule has 156 valence electrons. The summed E-state index contributed by atoms with van der Waals surface area (Å²) in [6, 6.07) is 3.89. The maximum Gasteiger partial charge on any atom is 0.291 e. The Morgan fingerprint density at radius 1 is 1.48 bits per heavy atom. The monoisotopic (exact) mass is 417 g/mol. The minimum absolute atomic E-state index is 0.0266. The zero-order valence-electron chi connectivity index (χ0n) is 16.8. The highest BCUT2D eigenvalue weighted by Crippen LogP contribution is 2.24. The number of nitrogens with zero attached hydrogens (tertiary/aromatic N) is 4. The molecule has 0 aromatic carbocycles. The summed E-state index contributed by atoms with van der Waals surface area (Å²) in [6.45, 7) is 5.93. The maximum absolute atomic E-state index is 12.9. The van der Waals surface area contributed by atoms with Crippen LogP contribution in [0.2, 0.25) is 0 Å². The first kappa shape index (κ1) is 20.1. The number of aromatic nitrogens is 3. The van der Waals surface area contributed by atoms with Crippen LogP contribution < -0.4 is 10.9 Å². The lowest BCUT2D eigenvalue weighted by molar-refractivity contribution is -0.123. The summed E-state index contributed by atoms with van der Waals surface area (Å²) in [7, 11) is 0. The fraction of sp³-hybridized carbons (Fsp3) is 0.550. The summed E-state index contributed by atoms with van der Waals surface area (Å²) in [4.78, 5) is 28.7. The molecule has 1 unspecified atom stereocenters. The van der Waals surface area contributed by atoms with E-state index in [9.17, 15) is 14.7 Å². The molecular formula is C20H27N5O3S. The number of amides is 1. The topological polar surface area (TPSA) is 91.9 Å². The number of thiophene rings is 1. The van der Waals surface area contributed by atoms with Crippen molar-refractivity contribution in [1.82, 2.24) is 24.4 Å². The minimum atomic E-state index is -0.386. The van der Waals surface area contributed by atoms with Crippen LogP contribution in [0.25, 0.3) is 15.7 Å². The number of carbonyl (C=O) groups is 1. The molecule has 1 saturated heterocycles. The molecule has 3 aromatic heterocycles. The average Bonchev–Trinajstić information content (AvgIpc) is 3.25. The normalized spacial score (nSPS) is 19.1. The van der Waals surface area contributed by atoms with Crippen LogP contribution in [0.5, 0.6) is 0 Å². The van der Waals surface area contributed by atoms with E-state index in [1.54, 1.807) is 18.3 Å². The summed E-state index contributed by atoms with van der Waals surface area (Å²) in [6.07, 6.45) is 2.15. The second kappa shape index (κ2) is 8.25. The molecule has 8 nitrogen and oxygen atoms in total. The van der Waals surface area contributed by atoms with Gasteiger partial charge in [0.05, 0.1) is 6.10 Å². The largest absolute Gasteiger partial charge is 0.392 e. The molecule has 2 atom stereocenters. The van der Waals surface area contributed by atoms with E-state index in [0.29, 0.717) is 25.0 Å². The van der Waals surface area contributed by atoms with Crippen LogP contribution in [0, 0.1) is 0 Å². The van der Waals surface area contributed by atoms with E-state index < -0.39 is 0 Å². The second-order valence-corrected chi connectivity index (χ2v) is 8.69. The molecule has 1 fully saturated rings. The van der Waals surface area contributed by atoms with E-state index in [2.05, 4.69) is 15.3 Å². The quantitative estimate of drug-likeness (QED) is 0.630. The molecule has 3 aromatic rings. The smallest absolute Gasteiger partial charge is 0.291 e. The minimum Gasteiger partial charge on any atom is -0.392 e. The van der Waals surface area contributed by atoms with Crippen LogP contribution in [0.4, 0.5) is 0 Å². The molecule has 0 radical (unpaired) electrons. The van der Waals surface area contributed by atoms with Crippen LogP contribution in [-0.4, -0.2) is 61.9 Å². The Morgan fingerprint density at radius 3 is 3.07 bits per heavy atom. The Morgan fingerprint density at radius 2 is 2.31 bits per heavy atom. The Bertz CT molecular complexity index is 1080. The van der Waals surface area contributed by atoms with E-state index in [-0.39, 0.29) is 30.2 Å². The van der Waals surface area contributed by atoms with E-state index in [1.807, 2.05) is 28.8 Å². The van der Waals surface area contributed by atoms with Crippen molar-refractivity contribution in [1.29, 1.82) is 0 Å². The molecule has 2 N–H and O–H groups in total. The molecule has 0 spiro atoms. The highest BCUT2D eigenvalue weighted by molar-refractivity contribution is 7.16. The number of hydrogen-bond donors (Lipinski definition) is 2. The third-order valence-electron chi connectivity index (χ3n) is 5.36. The van der Waals surface area contributed by atoms with Gasteiger partial charge in [-0.1, -0.05) is 6.92 Å². The molecule has 1 aliphatic rings. The lowest BCUT2D eigenvalue weighted by Crippen LogP contribution is -2.50. The highest BCUT2D eigenvalue weighted by atomic mass is 32.1. The Balaban J connectivity index is 1.52. The van der Waals surface area contributed by atoms with Crippen molar-refractivity contribution in [2.45, 2.75) is 51.8 Å². The Hall–Kier alpha value is -2.23. The van der Waals surface area contributed by atoms with Crippen molar-refractivity contribution >= 4 is 33.0 Å². The van der Waals surface area contributed by atoms with Gasteiger partial charge in [0, 0.05) is 30.9 Å². The number of rotatable bonds is 6. The number of likely N-dealkylation sites (tertiary alicyclic amines) is 1. The molecule has 9 heteroatoms. The number of carbonyl (C=O) groups excluding carboxylic acids is 1. The van der Waals surface area contributed by atoms with E-state index in [0.717, 1.165) is 35.4 Å². The van der Waals surface area contributed by atoms with Gasteiger partial charge in [-0.15, -0.1) is 11.3 Å². The molecule has 0 aliphatic carbocycles. The summed E-state index contributed by atoms with van der Waals surface area (Å²) < 4.78 is 3.19. The predicted octanol–water partition coefficient (Wildman–Crippen LogP) is 1.23. The SMILES string of the molecule is CCc1nn(CC(=O)N[C@@H]2CCCN(CC(C)O)C2)c(=O)c2cc3ccsc3n12. The first-order chi connectivity index (χ1) is 14.0. The lowest BCUT2D eigenvalue weighted by Gasteiger charge is -2.33. The standard InChI is InChI=1S/C20H27N5O3S/c1-3-17-22-24(19(28)16-9-14-6-8-29-20(14)25(16)17)12-18(27)21-15-5-4-7-23(11-15)10-13(2)26/h6,8-9,13,15,26H,3-5,7,10-12H2,1-2H3,(H,21,27)/t13?,15-/m1/s1. The number of β-amino-alcohol motifs (C(OH)–C–C–N with tert-alkyl or cyclic N) is 1. The molecule has 0 saturated carbocycles. The van der Waals surface area contributed by atoms with Crippen molar-refractivity contribution in [3.63, 3.8) is 0 Å². The number of aliphatic hydroxyl groups excluding tert-OH is 1. The van der Waals surface area contributed by atoms with Gasteiger partial charge < -0.3 is 10.4 Å². The second-order valence-electron chi connectivity index (χ2n) is 7.79. The molecule has 4 heterocycles. The van der Waals surface area contributed by atoms with Crippen molar-refractivity contribution in [2.75, 3.05) is 19.6 Å². The van der Waals surface area contributed by atoms with Gasteiger partial charge in [-0.05, 0) is 43.8 Å². The fourth-order valence-electron chi connectivity index (χ4n) is 4.16. The molecule has 1 amide bonds. The van der Waals surface area contributed by atoms with Crippen LogP contribution in [0.1, 0.15) is 32.5 Å². The third kappa shape index (κ3) is 4.08. The molecule has 0 bridgehead atoms. The van der Waals surface area contributed by atoms with Gasteiger partial charge in [0.15, 0.2) is 0 Å². The van der Waals surface area contributed by atoms with Crippen LogP contribution in [-0.2, 0) is 17.8 Å². The lowest BCUT2D eigenvalue weighted by atomic mass is 10.1. The molecule has 29 heavy (non-hydrogen) atoms. The van der Waals surface area contributed by atoms with Crippen LogP contribution >= 0.6 is 11.3 Å². The van der Waals surface area contributed by atoms with E-state index >= 15 is 0 Å². The molecule has 4 rings (SSSR count). The van der Waals surface area contributed by atoms with Crippen molar-refractivity contribution in [3.05, 3.63) is 33.7 Å². The van der Waals surface area contributed by atoms with Crippen LogP contribution in [0.15, 0.2) is 22.3 Å². The van der Waals surface area contributed by atoms with E-state index in [4.69, 9.17) is 0 Å². The van der Waals surface area contributed by atoms with Gasteiger partial charge in [-0.2, -0.15) is 5.10 Å². The highest BCUT2D eigenvalue weighted by Gasteiger charge is 2.23. The zero-order chi connectivity index (χ0) is 20.5. The summed E-state index contributed by atoms with van der Waals surface area (Å²) in [5.74, 6) is 0.564. The van der Waals surface area contributed by atoms with Gasteiger partial charge >= 0.3 is 0 Å². The summed E-state index contributed by atoms with van der Waals surface area (Å²) >= 11 is 1.58. The maximum atomic E-state index is 12.9. The number of nitrogens with one attached hydrogen (secondary N) is 1. The number of aryl methyl sites for hydroxylation is 1. The molecule has 1 aliphatic heterocycles. The third-order valence-corrected chi connectivity index (χ3v) is 6.27. The van der Waals surface area contributed by atoms with Crippen molar-refractivity contribution in [3.8, 4) is 0 Å². The number of piperidine rings is 1. The fourth-order valence-corrected chi connectivity index (χ4v) is 5.07. The first-order valence-electron chi connectivity index (χ1n) is 10.1. The van der Waals surface area contributed by atoms with Gasteiger partial charge in [0.2, 0.25) is 5.91 Å². The van der Waals surface area contributed by atoms with Gasteiger partial charge in [-0.25, -0.2) is 4.68 Å². The number of hydrogen-bond acceptors (Lipinski definition) is 6. The summed E-state index contributed by atoms with van der Waals surface area (Å²) in [5.41, 5.74) is 0.312. The number of fused-ring (bicyclic) bond motifs is 3. The average molecular weight is 418 g/mol. The zero-order valence-corrected chi connectivity index (χ0v) is 17.6. The Kier molecular flexibility index (Phi) is 5.71. The van der Waals surface area contributed by atoms with Crippen molar-refractivity contribution in [2.24, 2.45) is 0 Å². The Labute approximate surface area is 172 Å². The van der Waals surface area contributed by atoms with Gasteiger partial charge in [0.1, 0.15) is 22.7 Å². The first-order valence-corrected chi connectivity index (χ1v) is 11.0. The molecular weight excluding hydrogens is 390 g/mol. The summed E-state index contributed by atoms with van der Waals surface area (Å²) in [5, 5.41) is 20.1. The number of aliphatic hydroxyl groups is 1. The van der Waals surface area contributed by atoms with Crippen LogP contribution in [0.3, 0.4) is 0 Å². The predicted molar refractivity (Wildman–Crippen MR) is 113 cm³/mol. The van der Waals surface area contributed by atoms with Gasteiger partial charge in [0.25, 0.3) is 5.56 Å².